The average Bonchev–Trinajstić information content (AvgIpc) is 2.95. The molecule has 0 unspecified atom stereocenters. The van der Waals surface area contributed by atoms with E-state index in [2.05, 4.69) is 5.32 Å². The molecule has 0 spiro atoms. The highest BCUT2D eigenvalue weighted by molar-refractivity contribution is 7.14. The predicted molar refractivity (Wildman–Crippen MR) is 82.3 cm³/mol. The predicted octanol–water partition coefficient (Wildman–Crippen LogP) is 3.58. The normalized spacial score (nSPS) is 13.5. The number of thiophene rings is 1. The van der Waals surface area contributed by atoms with Gasteiger partial charge in [-0.3, -0.25) is 4.79 Å². The lowest BCUT2D eigenvalue weighted by atomic mass is 9.90. The molecule has 21 heavy (non-hydrogen) atoms. The lowest BCUT2D eigenvalue weighted by Gasteiger charge is -2.16. The van der Waals surface area contributed by atoms with Crippen LogP contribution >= 0.6 is 11.3 Å². The van der Waals surface area contributed by atoms with E-state index in [0.717, 1.165) is 19.3 Å². The van der Waals surface area contributed by atoms with E-state index < -0.39 is 5.97 Å². The van der Waals surface area contributed by atoms with Crippen molar-refractivity contribution in [2.24, 2.45) is 0 Å². The van der Waals surface area contributed by atoms with Gasteiger partial charge in [0.05, 0.1) is 5.56 Å². The van der Waals surface area contributed by atoms with Gasteiger partial charge in [0, 0.05) is 5.56 Å². The molecule has 5 heteroatoms. The first-order chi connectivity index (χ1) is 10.1. The van der Waals surface area contributed by atoms with Crippen LogP contribution in [0.2, 0.25) is 0 Å². The summed E-state index contributed by atoms with van der Waals surface area (Å²) >= 11 is 1.22. The maximum absolute atomic E-state index is 12.3. The standard InChI is InChI=1S/C16H15NO3S/c18-14(17-15-13(16(19)20)7-8-21-15)12-6-5-10-3-1-2-4-11(10)9-12/h5-9H,1-4H2,(H,17,18)(H,19,20). The van der Waals surface area contributed by atoms with Gasteiger partial charge in [0.25, 0.3) is 5.91 Å². The van der Waals surface area contributed by atoms with Crippen molar-refractivity contribution in [3.05, 3.63) is 51.9 Å². The monoisotopic (exact) mass is 301 g/mol. The fourth-order valence-corrected chi connectivity index (χ4v) is 3.40. The van der Waals surface area contributed by atoms with Crippen molar-refractivity contribution >= 4 is 28.2 Å². The van der Waals surface area contributed by atoms with E-state index in [1.54, 1.807) is 5.38 Å². The molecule has 1 amide bonds. The molecule has 0 bridgehead atoms. The van der Waals surface area contributed by atoms with E-state index in [4.69, 9.17) is 5.11 Å². The topological polar surface area (TPSA) is 66.4 Å². The molecule has 0 atom stereocenters. The largest absolute Gasteiger partial charge is 0.478 e. The minimum Gasteiger partial charge on any atom is -0.478 e. The van der Waals surface area contributed by atoms with Crippen molar-refractivity contribution in [2.45, 2.75) is 25.7 Å². The smallest absolute Gasteiger partial charge is 0.338 e. The quantitative estimate of drug-likeness (QED) is 0.910. The number of anilines is 1. The van der Waals surface area contributed by atoms with Gasteiger partial charge in [0.1, 0.15) is 5.00 Å². The molecule has 1 aromatic heterocycles. The Morgan fingerprint density at radius 1 is 1.10 bits per heavy atom. The first kappa shape index (κ1) is 13.8. The maximum atomic E-state index is 12.3. The Hall–Kier alpha value is -2.14. The van der Waals surface area contributed by atoms with Crippen LogP contribution in [0.5, 0.6) is 0 Å². The number of carboxylic acid groups (broad SMARTS) is 1. The number of rotatable bonds is 3. The second-order valence-electron chi connectivity index (χ2n) is 5.11. The van der Waals surface area contributed by atoms with Gasteiger partial charge in [0.15, 0.2) is 0 Å². The third-order valence-electron chi connectivity index (χ3n) is 3.73. The summed E-state index contributed by atoms with van der Waals surface area (Å²) in [5, 5.41) is 13.8. The van der Waals surface area contributed by atoms with Gasteiger partial charge in [-0.25, -0.2) is 4.79 Å². The number of benzene rings is 1. The molecule has 108 valence electrons. The average molecular weight is 301 g/mol. The van der Waals surface area contributed by atoms with Gasteiger partial charge >= 0.3 is 5.97 Å². The molecule has 4 nitrogen and oxygen atoms in total. The molecule has 1 aliphatic carbocycles. The fraction of sp³-hybridized carbons (Fsp3) is 0.250. The van der Waals surface area contributed by atoms with Gasteiger partial charge in [0.2, 0.25) is 0 Å². The van der Waals surface area contributed by atoms with Crippen LogP contribution < -0.4 is 5.32 Å². The molecule has 0 saturated heterocycles. The van der Waals surface area contributed by atoms with Gasteiger partial charge in [-0.2, -0.15) is 0 Å². The molecule has 2 aromatic rings. The number of hydrogen-bond acceptors (Lipinski definition) is 3. The summed E-state index contributed by atoms with van der Waals surface area (Å²) in [6, 6.07) is 7.25. The number of carbonyl (C=O) groups excluding carboxylic acids is 1. The van der Waals surface area contributed by atoms with Crippen LogP contribution in [0.15, 0.2) is 29.6 Å². The number of hydrogen-bond donors (Lipinski definition) is 2. The summed E-state index contributed by atoms with van der Waals surface area (Å²) in [6.07, 6.45) is 4.45. The van der Waals surface area contributed by atoms with E-state index in [-0.39, 0.29) is 11.5 Å². The highest BCUT2D eigenvalue weighted by atomic mass is 32.1. The number of carboxylic acids is 1. The van der Waals surface area contributed by atoms with Gasteiger partial charge in [-0.05, 0) is 60.4 Å². The van der Waals surface area contributed by atoms with Crippen molar-refractivity contribution in [2.75, 3.05) is 5.32 Å². The zero-order chi connectivity index (χ0) is 14.8. The van der Waals surface area contributed by atoms with Crippen molar-refractivity contribution in [1.29, 1.82) is 0 Å². The molecule has 1 aliphatic rings. The zero-order valence-electron chi connectivity index (χ0n) is 11.4. The molecule has 0 fully saturated rings. The summed E-state index contributed by atoms with van der Waals surface area (Å²) < 4.78 is 0. The summed E-state index contributed by atoms with van der Waals surface area (Å²) in [7, 11) is 0. The Bertz CT molecular complexity index is 705. The molecule has 3 rings (SSSR count). The van der Waals surface area contributed by atoms with Crippen LogP contribution in [-0.2, 0) is 12.8 Å². The van der Waals surface area contributed by atoms with E-state index in [1.807, 2.05) is 18.2 Å². The molecule has 0 saturated carbocycles. The Labute approximate surface area is 126 Å². The molecule has 0 radical (unpaired) electrons. The molecule has 1 heterocycles. The van der Waals surface area contributed by atoms with Crippen LogP contribution in [-0.4, -0.2) is 17.0 Å². The van der Waals surface area contributed by atoms with Crippen molar-refractivity contribution in [3.8, 4) is 0 Å². The van der Waals surface area contributed by atoms with Crippen LogP contribution in [0.4, 0.5) is 5.00 Å². The fourth-order valence-electron chi connectivity index (χ4n) is 2.62. The maximum Gasteiger partial charge on any atom is 0.338 e. The summed E-state index contributed by atoms with van der Waals surface area (Å²) in [4.78, 5) is 23.3. The second kappa shape index (κ2) is 5.69. The van der Waals surface area contributed by atoms with E-state index >= 15 is 0 Å². The van der Waals surface area contributed by atoms with Crippen LogP contribution in [0.25, 0.3) is 0 Å². The summed E-state index contributed by atoms with van der Waals surface area (Å²) in [6.45, 7) is 0. The van der Waals surface area contributed by atoms with Crippen LogP contribution in [0, 0.1) is 0 Å². The Balaban J connectivity index is 1.82. The SMILES string of the molecule is O=C(Nc1sccc1C(=O)O)c1ccc2c(c1)CCCC2. The number of carbonyl (C=O) groups is 2. The number of aromatic carboxylic acids is 1. The Morgan fingerprint density at radius 2 is 1.86 bits per heavy atom. The van der Waals surface area contributed by atoms with Gasteiger partial charge < -0.3 is 10.4 Å². The van der Waals surface area contributed by atoms with E-state index in [1.165, 1.54) is 35.0 Å². The Kier molecular flexibility index (Phi) is 3.75. The molecule has 0 aliphatic heterocycles. The number of nitrogens with one attached hydrogen (secondary N) is 1. The first-order valence-corrected chi connectivity index (χ1v) is 7.77. The molecular formula is C16H15NO3S. The highest BCUT2D eigenvalue weighted by Gasteiger charge is 2.16. The van der Waals surface area contributed by atoms with Crippen LogP contribution in [0.1, 0.15) is 44.7 Å². The van der Waals surface area contributed by atoms with E-state index in [0.29, 0.717) is 10.6 Å². The third kappa shape index (κ3) is 2.83. The third-order valence-corrected chi connectivity index (χ3v) is 4.56. The minimum absolute atomic E-state index is 0.131. The molecule has 1 aromatic carbocycles. The van der Waals surface area contributed by atoms with Crippen molar-refractivity contribution in [1.82, 2.24) is 0 Å². The number of amides is 1. The number of fused-ring (bicyclic) bond motifs is 1. The van der Waals surface area contributed by atoms with Gasteiger partial charge in [-0.1, -0.05) is 6.07 Å². The van der Waals surface area contributed by atoms with Crippen molar-refractivity contribution in [3.63, 3.8) is 0 Å². The summed E-state index contributed by atoms with van der Waals surface area (Å²) in [5.41, 5.74) is 3.27. The van der Waals surface area contributed by atoms with Gasteiger partial charge in [-0.15, -0.1) is 11.3 Å². The minimum atomic E-state index is -1.03. The lowest BCUT2D eigenvalue weighted by molar-refractivity contribution is 0.0698. The number of aryl methyl sites for hydroxylation is 2. The molecular weight excluding hydrogens is 286 g/mol. The second-order valence-corrected chi connectivity index (χ2v) is 6.03. The highest BCUT2D eigenvalue weighted by Crippen LogP contribution is 2.25. The first-order valence-electron chi connectivity index (χ1n) is 6.89. The van der Waals surface area contributed by atoms with E-state index in [9.17, 15) is 9.59 Å². The lowest BCUT2D eigenvalue weighted by Crippen LogP contribution is -2.14. The van der Waals surface area contributed by atoms with Crippen LogP contribution in [0.3, 0.4) is 0 Å². The Morgan fingerprint density at radius 3 is 2.62 bits per heavy atom. The molecule has 2 N–H and O–H groups in total. The van der Waals surface area contributed by atoms with Crippen molar-refractivity contribution < 1.29 is 14.7 Å². The zero-order valence-corrected chi connectivity index (χ0v) is 12.2. The summed E-state index contributed by atoms with van der Waals surface area (Å²) in [5.74, 6) is -1.29.